The molecule has 3 N–H and O–H groups in total. The van der Waals surface area contributed by atoms with Crippen LogP contribution in [-0.4, -0.2) is 28.3 Å². The van der Waals surface area contributed by atoms with Crippen molar-refractivity contribution in [3.8, 4) is 0 Å². The number of aryl methyl sites for hydroxylation is 1. The number of guanidine groups is 1. The average molecular weight is 223 g/mol. The first kappa shape index (κ1) is 12.5. The van der Waals surface area contributed by atoms with E-state index in [1.165, 1.54) is 0 Å². The van der Waals surface area contributed by atoms with Gasteiger partial charge in [-0.25, -0.2) is 0 Å². The molecule has 0 spiro atoms. The topological polar surface area (TPSA) is 68.2 Å². The van der Waals surface area contributed by atoms with Gasteiger partial charge in [-0.05, 0) is 25.8 Å². The van der Waals surface area contributed by atoms with E-state index in [1.807, 2.05) is 16.9 Å². The van der Waals surface area contributed by atoms with Gasteiger partial charge < -0.3 is 11.1 Å². The Morgan fingerprint density at radius 3 is 3.06 bits per heavy atom. The summed E-state index contributed by atoms with van der Waals surface area (Å²) in [5.41, 5.74) is 5.73. The Balaban J connectivity index is 2.16. The molecule has 1 unspecified atom stereocenters. The van der Waals surface area contributed by atoms with Crippen molar-refractivity contribution in [1.29, 1.82) is 0 Å². The van der Waals surface area contributed by atoms with E-state index in [-0.39, 0.29) is 0 Å². The van der Waals surface area contributed by atoms with Crippen LogP contribution in [0.5, 0.6) is 0 Å². The highest BCUT2D eigenvalue weighted by molar-refractivity contribution is 5.78. The Hall–Kier alpha value is -1.52. The van der Waals surface area contributed by atoms with Crippen molar-refractivity contribution in [2.75, 3.05) is 6.54 Å². The lowest BCUT2D eigenvalue weighted by molar-refractivity contribution is 0.582. The molecule has 0 saturated carbocycles. The SMILES string of the molecule is CCC(C)NC(N)=NCCCn1cccn1. The number of hydrogen-bond donors (Lipinski definition) is 2. The molecule has 0 amide bonds. The molecular weight excluding hydrogens is 202 g/mol. The normalized spacial score (nSPS) is 13.8. The molecule has 0 saturated heterocycles. The second kappa shape index (κ2) is 6.87. The van der Waals surface area contributed by atoms with Crippen molar-refractivity contribution in [1.82, 2.24) is 15.1 Å². The number of aromatic nitrogens is 2. The van der Waals surface area contributed by atoms with Crippen LogP contribution in [0.2, 0.25) is 0 Å². The molecule has 1 atom stereocenters. The number of hydrogen-bond acceptors (Lipinski definition) is 2. The van der Waals surface area contributed by atoms with E-state index >= 15 is 0 Å². The predicted octanol–water partition coefficient (Wildman–Crippen LogP) is 0.976. The summed E-state index contributed by atoms with van der Waals surface area (Å²) in [4.78, 5) is 4.25. The maximum atomic E-state index is 5.73. The Kier molecular flexibility index (Phi) is 5.39. The molecule has 0 aliphatic carbocycles. The van der Waals surface area contributed by atoms with Gasteiger partial charge in [-0.2, -0.15) is 5.10 Å². The summed E-state index contributed by atoms with van der Waals surface area (Å²) >= 11 is 0. The van der Waals surface area contributed by atoms with E-state index in [0.717, 1.165) is 25.9 Å². The smallest absolute Gasteiger partial charge is 0.188 e. The zero-order valence-corrected chi connectivity index (χ0v) is 10.1. The molecule has 0 aliphatic rings. The summed E-state index contributed by atoms with van der Waals surface area (Å²) in [5, 5.41) is 7.24. The maximum Gasteiger partial charge on any atom is 0.188 e. The fraction of sp³-hybridized carbons (Fsp3) is 0.636. The first-order valence-corrected chi connectivity index (χ1v) is 5.76. The van der Waals surface area contributed by atoms with Crippen LogP contribution in [0.25, 0.3) is 0 Å². The molecule has 1 aromatic rings. The zero-order chi connectivity index (χ0) is 11.8. The van der Waals surface area contributed by atoms with Crippen LogP contribution in [0.4, 0.5) is 0 Å². The number of nitrogens with one attached hydrogen (secondary N) is 1. The summed E-state index contributed by atoms with van der Waals surface area (Å²) in [6.07, 6.45) is 5.72. The van der Waals surface area contributed by atoms with Crippen LogP contribution in [0, 0.1) is 0 Å². The van der Waals surface area contributed by atoms with Crippen LogP contribution < -0.4 is 11.1 Å². The quantitative estimate of drug-likeness (QED) is 0.429. The highest BCUT2D eigenvalue weighted by Gasteiger charge is 1.98. The number of nitrogens with two attached hydrogens (primary N) is 1. The van der Waals surface area contributed by atoms with Crippen molar-refractivity contribution in [2.45, 2.75) is 39.3 Å². The van der Waals surface area contributed by atoms with Crippen molar-refractivity contribution in [3.05, 3.63) is 18.5 Å². The summed E-state index contributed by atoms with van der Waals surface area (Å²) in [5.74, 6) is 0.537. The van der Waals surface area contributed by atoms with E-state index < -0.39 is 0 Å². The molecule has 0 bridgehead atoms. The minimum atomic E-state index is 0.384. The van der Waals surface area contributed by atoms with Gasteiger partial charge in [0.05, 0.1) is 0 Å². The van der Waals surface area contributed by atoms with E-state index in [2.05, 4.69) is 29.3 Å². The van der Waals surface area contributed by atoms with Gasteiger partial charge in [0.2, 0.25) is 0 Å². The molecule has 90 valence electrons. The number of aliphatic imine (C=N–C) groups is 1. The first-order valence-electron chi connectivity index (χ1n) is 5.76. The second-order valence-electron chi connectivity index (χ2n) is 3.84. The largest absolute Gasteiger partial charge is 0.370 e. The fourth-order valence-electron chi connectivity index (χ4n) is 1.27. The molecule has 0 aliphatic heterocycles. The van der Waals surface area contributed by atoms with Gasteiger partial charge >= 0.3 is 0 Å². The van der Waals surface area contributed by atoms with Gasteiger partial charge in [-0.15, -0.1) is 0 Å². The standard InChI is InChI=1S/C11H21N5/c1-3-10(2)15-11(12)13-6-4-8-16-9-5-7-14-16/h5,7,9-10H,3-4,6,8H2,1-2H3,(H3,12,13,15). The Morgan fingerprint density at radius 2 is 2.44 bits per heavy atom. The molecule has 1 rings (SSSR count). The van der Waals surface area contributed by atoms with E-state index in [4.69, 9.17) is 5.73 Å². The van der Waals surface area contributed by atoms with Crippen LogP contribution in [0.1, 0.15) is 26.7 Å². The number of nitrogens with zero attached hydrogens (tertiary/aromatic N) is 3. The zero-order valence-electron chi connectivity index (χ0n) is 10.1. The van der Waals surface area contributed by atoms with Gasteiger partial charge in [0.1, 0.15) is 0 Å². The van der Waals surface area contributed by atoms with Crippen molar-refractivity contribution in [2.24, 2.45) is 10.7 Å². The van der Waals surface area contributed by atoms with Gasteiger partial charge in [0.15, 0.2) is 5.96 Å². The third kappa shape index (κ3) is 4.82. The van der Waals surface area contributed by atoms with Gasteiger partial charge in [0, 0.05) is 31.5 Å². The third-order valence-corrected chi connectivity index (χ3v) is 2.39. The van der Waals surface area contributed by atoms with Crippen molar-refractivity contribution >= 4 is 5.96 Å². The molecule has 5 nitrogen and oxygen atoms in total. The summed E-state index contributed by atoms with van der Waals surface area (Å²) in [6.45, 7) is 5.82. The van der Waals surface area contributed by atoms with Gasteiger partial charge in [-0.1, -0.05) is 6.92 Å². The predicted molar refractivity (Wildman–Crippen MR) is 66.2 cm³/mol. The minimum Gasteiger partial charge on any atom is -0.370 e. The van der Waals surface area contributed by atoms with Crippen LogP contribution >= 0.6 is 0 Å². The number of rotatable bonds is 6. The molecule has 0 aromatic carbocycles. The fourth-order valence-corrected chi connectivity index (χ4v) is 1.27. The van der Waals surface area contributed by atoms with E-state index in [0.29, 0.717) is 12.0 Å². The minimum absolute atomic E-state index is 0.384. The monoisotopic (exact) mass is 223 g/mol. The molecular formula is C11H21N5. The molecule has 16 heavy (non-hydrogen) atoms. The third-order valence-electron chi connectivity index (χ3n) is 2.39. The lowest BCUT2D eigenvalue weighted by Gasteiger charge is -2.11. The van der Waals surface area contributed by atoms with Crippen molar-refractivity contribution in [3.63, 3.8) is 0 Å². The molecule has 0 radical (unpaired) electrons. The van der Waals surface area contributed by atoms with Crippen LogP contribution in [0.3, 0.4) is 0 Å². The lowest BCUT2D eigenvalue weighted by atomic mass is 10.3. The lowest BCUT2D eigenvalue weighted by Crippen LogP contribution is -2.38. The second-order valence-corrected chi connectivity index (χ2v) is 3.84. The Labute approximate surface area is 96.7 Å². The Morgan fingerprint density at radius 1 is 1.62 bits per heavy atom. The summed E-state index contributed by atoms with van der Waals surface area (Å²) < 4.78 is 1.90. The van der Waals surface area contributed by atoms with Gasteiger partial charge in [0.25, 0.3) is 0 Å². The van der Waals surface area contributed by atoms with E-state index in [9.17, 15) is 0 Å². The summed E-state index contributed by atoms with van der Waals surface area (Å²) in [7, 11) is 0. The van der Waals surface area contributed by atoms with E-state index in [1.54, 1.807) is 6.20 Å². The first-order chi connectivity index (χ1) is 7.72. The highest BCUT2D eigenvalue weighted by Crippen LogP contribution is 1.90. The highest BCUT2D eigenvalue weighted by atomic mass is 15.3. The van der Waals surface area contributed by atoms with Crippen LogP contribution in [0.15, 0.2) is 23.5 Å². The summed E-state index contributed by atoms with van der Waals surface area (Å²) in [6, 6.07) is 2.30. The maximum absolute atomic E-state index is 5.73. The average Bonchev–Trinajstić information content (AvgIpc) is 2.77. The molecule has 5 heteroatoms. The Bertz CT molecular complexity index is 304. The van der Waals surface area contributed by atoms with Crippen molar-refractivity contribution < 1.29 is 0 Å². The molecule has 1 heterocycles. The molecule has 1 aromatic heterocycles. The van der Waals surface area contributed by atoms with Gasteiger partial charge in [-0.3, -0.25) is 9.67 Å². The molecule has 0 fully saturated rings. The van der Waals surface area contributed by atoms with Crippen LogP contribution in [-0.2, 0) is 6.54 Å².